The van der Waals surface area contributed by atoms with Crippen molar-refractivity contribution in [2.24, 2.45) is 5.92 Å². The topological polar surface area (TPSA) is 61.8 Å². The van der Waals surface area contributed by atoms with E-state index in [0.717, 1.165) is 96.4 Å². The molecule has 1 unspecified atom stereocenters. The Balaban J connectivity index is 1.35. The van der Waals surface area contributed by atoms with E-state index in [0.29, 0.717) is 5.91 Å². The molecule has 4 heterocycles. The molecule has 1 aromatic rings. The van der Waals surface area contributed by atoms with E-state index in [1.165, 1.54) is 12.8 Å². The standard InChI is InChI=1S/C21H33N5O2/c27-20(25-10-3-1-2-4-11-25)18-6-5-9-24(16-18)17-19-7-8-22-21(23-19)26-12-14-28-15-13-26/h7-8,18H,1-6,9-17H2. The lowest BCUT2D eigenvalue weighted by molar-refractivity contribution is -0.137. The SMILES string of the molecule is O=C(C1CCCN(Cc2ccnc(N3CCOCC3)n2)C1)N1CCCCCC1. The molecule has 0 bridgehead atoms. The van der Waals surface area contributed by atoms with Crippen molar-refractivity contribution in [3.05, 3.63) is 18.0 Å². The number of nitrogens with zero attached hydrogens (tertiary/aromatic N) is 5. The molecule has 154 valence electrons. The van der Waals surface area contributed by atoms with Gasteiger partial charge in [-0.2, -0.15) is 0 Å². The molecule has 0 spiro atoms. The Hall–Kier alpha value is -1.73. The van der Waals surface area contributed by atoms with Gasteiger partial charge in [-0.05, 0) is 38.3 Å². The summed E-state index contributed by atoms with van der Waals surface area (Å²) in [6.45, 7) is 7.75. The fraction of sp³-hybridized carbons (Fsp3) is 0.762. The number of hydrogen-bond acceptors (Lipinski definition) is 6. The normalized spacial score (nSPS) is 24.8. The number of likely N-dealkylation sites (tertiary alicyclic amines) is 2. The molecule has 1 atom stereocenters. The van der Waals surface area contributed by atoms with Crippen molar-refractivity contribution in [3.63, 3.8) is 0 Å². The molecule has 1 amide bonds. The van der Waals surface area contributed by atoms with Gasteiger partial charge in [-0.3, -0.25) is 9.69 Å². The quantitative estimate of drug-likeness (QED) is 0.787. The smallest absolute Gasteiger partial charge is 0.226 e. The molecule has 0 N–H and O–H groups in total. The minimum atomic E-state index is 0.146. The van der Waals surface area contributed by atoms with E-state index in [4.69, 9.17) is 9.72 Å². The molecule has 3 aliphatic rings. The Morgan fingerprint density at radius 2 is 1.82 bits per heavy atom. The van der Waals surface area contributed by atoms with Gasteiger partial charge >= 0.3 is 0 Å². The number of ether oxygens (including phenoxy) is 1. The second-order valence-electron chi connectivity index (χ2n) is 8.26. The van der Waals surface area contributed by atoms with Gasteiger partial charge in [0.25, 0.3) is 0 Å². The minimum Gasteiger partial charge on any atom is -0.378 e. The van der Waals surface area contributed by atoms with Crippen LogP contribution in [-0.4, -0.2) is 78.2 Å². The van der Waals surface area contributed by atoms with Crippen molar-refractivity contribution in [2.75, 3.05) is 57.4 Å². The molecular formula is C21H33N5O2. The number of rotatable bonds is 4. The molecule has 28 heavy (non-hydrogen) atoms. The number of aromatic nitrogens is 2. The molecule has 7 heteroatoms. The lowest BCUT2D eigenvalue weighted by Crippen LogP contribution is -2.45. The van der Waals surface area contributed by atoms with E-state index in [1.807, 2.05) is 12.3 Å². The van der Waals surface area contributed by atoms with Crippen LogP contribution in [-0.2, 0) is 16.1 Å². The highest BCUT2D eigenvalue weighted by Crippen LogP contribution is 2.22. The number of anilines is 1. The van der Waals surface area contributed by atoms with E-state index in [9.17, 15) is 4.79 Å². The van der Waals surface area contributed by atoms with Crippen molar-refractivity contribution < 1.29 is 9.53 Å². The number of carbonyl (C=O) groups excluding carboxylic acids is 1. The number of piperidine rings is 1. The minimum absolute atomic E-state index is 0.146. The van der Waals surface area contributed by atoms with Gasteiger partial charge in [0.2, 0.25) is 11.9 Å². The van der Waals surface area contributed by atoms with Crippen LogP contribution in [0.3, 0.4) is 0 Å². The first-order valence-corrected chi connectivity index (χ1v) is 11.0. The first-order valence-electron chi connectivity index (χ1n) is 11.0. The molecule has 0 saturated carbocycles. The van der Waals surface area contributed by atoms with Gasteiger partial charge in [0.15, 0.2) is 0 Å². The summed E-state index contributed by atoms with van der Waals surface area (Å²) in [5.74, 6) is 1.32. The number of amides is 1. The Labute approximate surface area is 168 Å². The zero-order valence-electron chi connectivity index (χ0n) is 16.9. The van der Waals surface area contributed by atoms with Crippen LogP contribution >= 0.6 is 0 Å². The van der Waals surface area contributed by atoms with Crippen molar-refractivity contribution in [1.29, 1.82) is 0 Å². The maximum absolute atomic E-state index is 13.0. The predicted octanol–water partition coefficient (Wildman–Crippen LogP) is 1.93. The van der Waals surface area contributed by atoms with E-state index in [2.05, 4.69) is 19.7 Å². The van der Waals surface area contributed by atoms with E-state index in [-0.39, 0.29) is 5.92 Å². The van der Waals surface area contributed by atoms with Gasteiger partial charge < -0.3 is 14.5 Å². The number of morpholine rings is 1. The van der Waals surface area contributed by atoms with Crippen molar-refractivity contribution in [2.45, 2.75) is 45.1 Å². The summed E-state index contributed by atoms with van der Waals surface area (Å²) in [6, 6.07) is 2.00. The molecule has 4 rings (SSSR count). The highest BCUT2D eigenvalue weighted by molar-refractivity contribution is 5.79. The van der Waals surface area contributed by atoms with Gasteiger partial charge in [0, 0.05) is 45.5 Å². The number of hydrogen-bond donors (Lipinski definition) is 0. The molecule has 0 aliphatic carbocycles. The summed E-state index contributed by atoms with van der Waals surface area (Å²) in [5, 5.41) is 0. The van der Waals surface area contributed by atoms with Crippen LogP contribution in [0.1, 0.15) is 44.2 Å². The molecule has 0 aromatic carbocycles. The average Bonchev–Trinajstić information content (AvgIpc) is 3.04. The molecule has 1 aromatic heterocycles. The number of carbonyl (C=O) groups is 1. The Morgan fingerprint density at radius 1 is 1.04 bits per heavy atom. The highest BCUT2D eigenvalue weighted by Gasteiger charge is 2.29. The third-order valence-electron chi connectivity index (χ3n) is 6.15. The van der Waals surface area contributed by atoms with Crippen LogP contribution in [0, 0.1) is 5.92 Å². The summed E-state index contributed by atoms with van der Waals surface area (Å²) in [7, 11) is 0. The Bertz CT molecular complexity index is 641. The summed E-state index contributed by atoms with van der Waals surface area (Å²) in [5.41, 5.74) is 1.04. The van der Waals surface area contributed by atoms with Gasteiger partial charge in [0.05, 0.1) is 24.8 Å². The molecular weight excluding hydrogens is 354 g/mol. The summed E-state index contributed by atoms with van der Waals surface area (Å²) >= 11 is 0. The lowest BCUT2D eigenvalue weighted by atomic mass is 9.96. The van der Waals surface area contributed by atoms with Crippen LogP contribution in [0.15, 0.2) is 12.3 Å². The lowest BCUT2D eigenvalue weighted by Gasteiger charge is -2.34. The third kappa shape index (κ3) is 5.00. The van der Waals surface area contributed by atoms with Crippen molar-refractivity contribution >= 4 is 11.9 Å². The molecule has 3 saturated heterocycles. The third-order valence-corrected chi connectivity index (χ3v) is 6.15. The molecule has 7 nitrogen and oxygen atoms in total. The second-order valence-corrected chi connectivity index (χ2v) is 8.26. The Morgan fingerprint density at radius 3 is 2.61 bits per heavy atom. The maximum Gasteiger partial charge on any atom is 0.226 e. The van der Waals surface area contributed by atoms with Crippen molar-refractivity contribution in [3.8, 4) is 0 Å². The largest absolute Gasteiger partial charge is 0.378 e. The first-order chi connectivity index (χ1) is 13.8. The van der Waals surface area contributed by atoms with Crippen LogP contribution in [0.4, 0.5) is 5.95 Å². The van der Waals surface area contributed by atoms with Crippen molar-refractivity contribution in [1.82, 2.24) is 19.8 Å². The van der Waals surface area contributed by atoms with E-state index in [1.54, 1.807) is 0 Å². The summed E-state index contributed by atoms with van der Waals surface area (Å²) in [4.78, 5) is 29.0. The van der Waals surface area contributed by atoms with E-state index < -0.39 is 0 Å². The maximum atomic E-state index is 13.0. The zero-order valence-corrected chi connectivity index (χ0v) is 16.9. The van der Waals surface area contributed by atoms with Gasteiger partial charge in [-0.15, -0.1) is 0 Å². The molecule has 0 radical (unpaired) electrons. The molecule has 3 aliphatic heterocycles. The van der Waals surface area contributed by atoms with Crippen LogP contribution < -0.4 is 4.90 Å². The van der Waals surface area contributed by atoms with E-state index >= 15 is 0 Å². The van der Waals surface area contributed by atoms with Crippen LogP contribution in [0.2, 0.25) is 0 Å². The first kappa shape index (κ1) is 19.6. The predicted molar refractivity (Wildman–Crippen MR) is 108 cm³/mol. The fourth-order valence-electron chi connectivity index (χ4n) is 4.57. The summed E-state index contributed by atoms with van der Waals surface area (Å²) in [6.07, 6.45) is 8.82. The molecule has 3 fully saturated rings. The van der Waals surface area contributed by atoms with Crippen LogP contribution in [0.5, 0.6) is 0 Å². The fourth-order valence-corrected chi connectivity index (χ4v) is 4.57. The van der Waals surface area contributed by atoms with Crippen LogP contribution in [0.25, 0.3) is 0 Å². The average molecular weight is 388 g/mol. The summed E-state index contributed by atoms with van der Waals surface area (Å²) < 4.78 is 5.42. The van der Waals surface area contributed by atoms with Gasteiger partial charge in [-0.25, -0.2) is 9.97 Å². The monoisotopic (exact) mass is 387 g/mol. The Kier molecular flexibility index (Phi) is 6.75. The zero-order chi connectivity index (χ0) is 19.2. The van der Waals surface area contributed by atoms with Gasteiger partial charge in [-0.1, -0.05) is 12.8 Å². The van der Waals surface area contributed by atoms with Gasteiger partial charge in [0.1, 0.15) is 0 Å². The highest BCUT2D eigenvalue weighted by atomic mass is 16.5. The second kappa shape index (κ2) is 9.65.